The zero-order chi connectivity index (χ0) is 22.2. The summed E-state index contributed by atoms with van der Waals surface area (Å²) < 4.78 is 9.96. The second-order valence-electron chi connectivity index (χ2n) is 7.01. The van der Waals surface area contributed by atoms with Gasteiger partial charge >= 0.3 is 5.69 Å². The summed E-state index contributed by atoms with van der Waals surface area (Å²) >= 11 is 0. The molecule has 0 fully saturated rings. The van der Waals surface area contributed by atoms with Crippen molar-refractivity contribution in [2.75, 3.05) is 34.0 Å². The van der Waals surface area contributed by atoms with Crippen LogP contribution in [0.15, 0.2) is 24.3 Å². The van der Waals surface area contributed by atoms with Crippen molar-refractivity contribution in [1.29, 1.82) is 0 Å². The van der Waals surface area contributed by atoms with E-state index in [0.717, 1.165) is 5.56 Å². The largest absolute Gasteiger partial charge is 0.495 e. The van der Waals surface area contributed by atoms with E-state index in [0.29, 0.717) is 41.2 Å². The average Bonchev–Trinajstić information content (AvgIpc) is 3.15. The van der Waals surface area contributed by atoms with E-state index in [1.807, 2.05) is 0 Å². The summed E-state index contributed by atoms with van der Waals surface area (Å²) in [4.78, 5) is 36.7. The van der Waals surface area contributed by atoms with Crippen molar-refractivity contribution in [3.05, 3.63) is 56.6 Å². The Morgan fingerprint density at radius 1 is 0.900 bits per heavy atom. The number of carbonyl (C=O) groups is 2. The Kier molecular flexibility index (Phi) is 5.50. The molecule has 0 radical (unpaired) electrons. The molecule has 158 valence electrons. The van der Waals surface area contributed by atoms with Crippen LogP contribution in [0.5, 0.6) is 11.5 Å². The number of hydrogen-bond donors (Lipinski definition) is 1. The van der Waals surface area contributed by atoms with E-state index in [1.165, 1.54) is 24.1 Å². The van der Waals surface area contributed by atoms with Crippen molar-refractivity contribution in [2.45, 2.75) is 13.1 Å². The van der Waals surface area contributed by atoms with Crippen LogP contribution in [0.2, 0.25) is 0 Å². The van der Waals surface area contributed by atoms with Crippen molar-refractivity contribution in [2.24, 2.45) is 0 Å². The van der Waals surface area contributed by atoms with Crippen LogP contribution in [0.25, 0.3) is 0 Å². The third kappa shape index (κ3) is 3.59. The molecule has 10 heteroatoms. The standard InChI is InChI=1S/C10H10N2O4.C10H12N2O2/c1-11-5-6-3-8(12(14)15)9(16-2)4-7(6)10(11)13;1-12-5-6-3-8(11)9(14-2)4-7(6)10(12)13/h3-4H,5H2,1-2H3;3-4H,5,11H2,1-2H3. The molecule has 2 aliphatic heterocycles. The molecule has 10 nitrogen and oxygen atoms in total. The highest BCUT2D eigenvalue weighted by atomic mass is 16.6. The van der Waals surface area contributed by atoms with Gasteiger partial charge in [-0.15, -0.1) is 0 Å². The van der Waals surface area contributed by atoms with Crippen molar-refractivity contribution in [3.8, 4) is 11.5 Å². The summed E-state index contributed by atoms with van der Waals surface area (Å²) in [6.45, 7) is 1.03. The number of carbonyl (C=O) groups excluding carboxylic acids is 2. The lowest BCUT2D eigenvalue weighted by Crippen LogP contribution is -2.17. The van der Waals surface area contributed by atoms with Crippen LogP contribution in [0.4, 0.5) is 11.4 Å². The summed E-state index contributed by atoms with van der Waals surface area (Å²) in [7, 11) is 6.31. The maximum atomic E-state index is 11.6. The van der Waals surface area contributed by atoms with Gasteiger partial charge in [-0.2, -0.15) is 0 Å². The third-order valence-corrected chi connectivity index (χ3v) is 5.03. The number of nitro benzene ring substituents is 1. The van der Waals surface area contributed by atoms with Crippen LogP contribution in [-0.4, -0.2) is 54.9 Å². The summed E-state index contributed by atoms with van der Waals surface area (Å²) in [6.07, 6.45) is 0. The highest BCUT2D eigenvalue weighted by Gasteiger charge is 2.29. The van der Waals surface area contributed by atoms with E-state index in [-0.39, 0.29) is 23.3 Å². The fourth-order valence-electron chi connectivity index (χ4n) is 3.46. The zero-order valence-corrected chi connectivity index (χ0v) is 17.1. The molecule has 0 bridgehead atoms. The van der Waals surface area contributed by atoms with E-state index in [2.05, 4.69) is 0 Å². The Hall–Kier alpha value is -3.82. The van der Waals surface area contributed by atoms with Gasteiger partial charge in [0.2, 0.25) is 0 Å². The van der Waals surface area contributed by atoms with E-state index >= 15 is 0 Å². The number of methoxy groups -OCH3 is 2. The van der Waals surface area contributed by atoms with Gasteiger partial charge < -0.3 is 25.0 Å². The molecular weight excluding hydrogens is 392 g/mol. The van der Waals surface area contributed by atoms with Crippen LogP contribution in [0.1, 0.15) is 31.8 Å². The molecule has 0 spiro atoms. The summed E-state index contributed by atoms with van der Waals surface area (Å²) in [5, 5.41) is 10.8. The van der Waals surface area contributed by atoms with Gasteiger partial charge in [-0.05, 0) is 23.3 Å². The van der Waals surface area contributed by atoms with E-state index in [1.54, 1.807) is 38.2 Å². The number of nitrogens with zero attached hydrogens (tertiary/aromatic N) is 3. The van der Waals surface area contributed by atoms with Gasteiger partial charge in [0.25, 0.3) is 11.8 Å². The van der Waals surface area contributed by atoms with Crippen LogP contribution in [0.3, 0.4) is 0 Å². The fourth-order valence-corrected chi connectivity index (χ4v) is 3.46. The van der Waals surface area contributed by atoms with Gasteiger partial charge in [-0.3, -0.25) is 19.7 Å². The van der Waals surface area contributed by atoms with Crippen LogP contribution in [-0.2, 0) is 13.1 Å². The molecule has 0 atom stereocenters. The van der Waals surface area contributed by atoms with E-state index in [4.69, 9.17) is 15.2 Å². The molecule has 0 unspecified atom stereocenters. The quantitative estimate of drug-likeness (QED) is 0.462. The molecule has 0 aromatic heterocycles. The Labute approximate surface area is 172 Å². The normalized spacial score (nSPS) is 14.1. The molecule has 4 rings (SSSR count). The van der Waals surface area contributed by atoms with Gasteiger partial charge in [0.1, 0.15) is 5.75 Å². The number of fused-ring (bicyclic) bond motifs is 2. The summed E-state index contributed by atoms with van der Waals surface area (Å²) in [5.41, 5.74) is 9.02. The Balaban J connectivity index is 0.000000172. The number of ether oxygens (including phenoxy) is 2. The zero-order valence-electron chi connectivity index (χ0n) is 17.1. The summed E-state index contributed by atoms with van der Waals surface area (Å²) in [6, 6.07) is 6.33. The lowest BCUT2D eigenvalue weighted by atomic mass is 10.1. The molecule has 2 amide bonds. The number of rotatable bonds is 3. The highest BCUT2D eigenvalue weighted by Crippen LogP contribution is 2.34. The first-order valence-corrected chi connectivity index (χ1v) is 9.00. The van der Waals surface area contributed by atoms with Crippen molar-refractivity contribution in [1.82, 2.24) is 9.80 Å². The van der Waals surface area contributed by atoms with Gasteiger partial charge in [0.15, 0.2) is 5.75 Å². The van der Waals surface area contributed by atoms with E-state index in [9.17, 15) is 19.7 Å². The molecule has 0 saturated carbocycles. The summed E-state index contributed by atoms with van der Waals surface area (Å²) in [5.74, 6) is 0.571. The maximum Gasteiger partial charge on any atom is 0.311 e. The van der Waals surface area contributed by atoms with Gasteiger partial charge in [-0.1, -0.05) is 0 Å². The highest BCUT2D eigenvalue weighted by molar-refractivity contribution is 5.99. The van der Waals surface area contributed by atoms with Crippen LogP contribution >= 0.6 is 0 Å². The number of nitrogens with two attached hydrogens (primary N) is 1. The second kappa shape index (κ2) is 7.90. The smallest absolute Gasteiger partial charge is 0.311 e. The van der Waals surface area contributed by atoms with Crippen molar-refractivity contribution in [3.63, 3.8) is 0 Å². The third-order valence-electron chi connectivity index (χ3n) is 5.03. The lowest BCUT2D eigenvalue weighted by Gasteiger charge is -2.05. The average molecular weight is 414 g/mol. The second-order valence-corrected chi connectivity index (χ2v) is 7.01. The maximum absolute atomic E-state index is 11.6. The van der Waals surface area contributed by atoms with Gasteiger partial charge in [0, 0.05) is 50.4 Å². The fraction of sp³-hybridized carbons (Fsp3) is 0.300. The monoisotopic (exact) mass is 414 g/mol. The molecule has 0 aliphatic carbocycles. The minimum Gasteiger partial charge on any atom is -0.495 e. The molecular formula is C20H22N4O6. The number of anilines is 1. The molecule has 2 aromatic carbocycles. The predicted octanol–water partition coefficient (Wildman–Crippen LogP) is 2.05. The molecule has 2 N–H and O–H groups in total. The first-order valence-electron chi connectivity index (χ1n) is 9.00. The first-order chi connectivity index (χ1) is 14.2. The Morgan fingerprint density at radius 3 is 1.83 bits per heavy atom. The van der Waals surface area contributed by atoms with Crippen LogP contribution < -0.4 is 15.2 Å². The van der Waals surface area contributed by atoms with Gasteiger partial charge in [-0.25, -0.2) is 0 Å². The van der Waals surface area contributed by atoms with Crippen molar-refractivity contribution >= 4 is 23.2 Å². The topological polar surface area (TPSA) is 128 Å². The predicted molar refractivity (Wildman–Crippen MR) is 109 cm³/mol. The molecule has 2 aliphatic rings. The molecule has 2 aromatic rings. The number of amides is 2. The lowest BCUT2D eigenvalue weighted by molar-refractivity contribution is -0.385. The molecule has 2 heterocycles. The number of nitro groups is 1. The van der Waals surface area contributed by atoms with Crippen LogP contribution in [0, 0.1) is 10.1 Å². The van der Waals surface area contributed by atoms with Crippen molar-refractivity contribution < 1.29 is 24.0 Å². The Bertz CT molecular complexity index is 1050. The Morgan fingerprint density at radius 2 is 1.37 bits per heavy atom. The minimum absolute atomic E-state index is 0.0262. The van der Waals surface area contributed by atoms with E-state index < -0.39 is 4.92 Å². The molecule has 30 heavy (non-hydrogen) atoms. The minimum atomic E-state index is -0.512. The first kappa shape index (κ1) is 20.9. The number of benzene rings is 2. The molecule has 0 saturated heterocycles. The number of nitrogen functional groups attached to an aromatic ring is 1. The van der Waals surface area contributed by atoms with Gasteiger partial charge in [0.05, 0.1) is 24.8 Å². The number of hydrogen-bond acceptors (Lipinski definition) is 7. The SMILES string of the molecule is COc1cc2c(cc1N)CN(C)C2=O.COc1cc2c(cc1[N+](=O)[O-])CN(C)C2=O.